The number of piperidine rings is 1. The highest BCUT2D eigenvalue weighted by molar-refractivity contribution is 6.10. The van der Waals surface area contributed by atoms with E-state index in [0.717, 1.165) is 25.1 Å². The molecule has 6 saturated carbocycles. The van der Waals surface area contributed by atoms with Crippen LogP contribution in [0.25, 0.3) is 0 Å². The highest BCUT2D eigenvalue weighted by atomic mass is 16.3. The van der Waals surface area contributed by atoms with Gasteiger partial charge in [0.1, 0.15) is 5.60 Å². The Morgan fingerprint density at radius 1 is 1.17 bits per heavy atom. The van der Waals surface area contributed by atoms with Crippen LogP contribution in [0, 0.1) is 39.9 Å². The number of rotatable bonds is 0. The third kappa shape index (κ3) is 1.03. The number of allylic oxidation sites excluding steroid dienone is 1. The minimum atomic E-state index is -1.21. The molecule has 5 unspecified atom stereocenters. The highest BCUT2D eigenvalue weighted by Crippen LogP contribution is 2.97. The molecule has 1 N–H and O–H groups in total. The monoisotopic (exact) mass is 384 g/mol. The molecule has 29 heavy (non-hydrogen) atoms. The molecule has 10 atom stereocenters. The van der Waals surface area contributed by atoms with Gasteiger partial charge in [0.2, 0.25) is 0 Å². The van der Waals surface area contributed by atoms with E-state index in [-0.39, 0.29) is 33.9 Å². The Morgan fingerprint density at radius 2 is 2.03 bits per heavy atom. The van der Waals surface area contributed by atoms with Crippen molar-refractivity contribution in [3.8, 4) is 0 Å². The molecule has 0 aromatic heterocycles. The summed E-state index contributed by atoms with van der Waals surface area (Å²) in [6.07, 6.45) is 7.49. The Bertz CT molecular complexity index is 1160. The van der Waals surface area contributed by atoms with Gasteiger partial charge in [-0.2, -0.15) is 0 Å². The molecule has 146 valence electrons. The van der Waals surface area contributed by atoms with E-state index in [1.54, 1.807) is 6.08 Å². The molecule has 4 nitrogen and oxygen atoms in total. The first-order chi connectivity index (χ1) is 14.0. The summed E-state index contributed by atoms with van der Waals surface area (Å²) >= 11 is 0. The van der Waals surface area contributed by atoms with Crippen molar-refractivity contribution in [2.75, 3.05) is 13.6 Å². The minimum absolute atomic E-state index is 0.00366. The number of aliphatic hydroxyl groups is 1. The van der Waals surface area contributed by atoms with Crippen molar-refractivity contribution in [3.63, 3.8) is 0 Å². The summed E-state index contributed by atoms with van der Waals surface area (Å²) in [5, 5.41) is 12.2. The maximum absolute atomic E-state index is 13.3. The SMILES string of the molecule is CN1CCC23C4[C@@]56C=CC(=O)[C@@]4(O)C4C7=Nc8ccccc8[C@@H](C[C@@]2(C1C5)C46)[C@H]73. The zero-order chi connectivity index (χ0) is 19.1. The molecule has 2 heterocycles. The van der Waals surface area contributed by atoms with Gasteiger partial charge in [0.05, 0.1) is 5.69 Å². The lowest BCUT2D eigenvalue weighted by molar-refractivity contribution is -0.221. The lowest BCUT2D eigenvalue weighted by atomic mass is 9.37. The maximum atomic E-state index is 13.3. The van der Waals surface area contributed by atoms with E-state index in [1.165, 1.54) is 17.7 Å². The van der Waals surface area contributed by atoms with E-state index >= 15 is 0 Å². The normalized spacial score (nSPS) is 60.8. The van der Waals surface area contributed by atoms with Gasteiger partial charge in [-0.15, -0.1) is 0 Å². The van der Waals surface area contributed by atoms with Gasteiger partial charge in [-0.3, -0.25) is 9.79 Å². The lowest BCUT2D eigenvalue weighted by Gasteiger charge is -2.70. The summed E-state index contributed by atoms with van der Waals surface area (Å²) in [7, 11) is 2.32. The van der Waals surface area contributed by atoms with Crippen molar-refractivity contribution in [2.45, 2.75) is 36.8 Å². The van der Waals surface area contributed by atoms with Gasteiger partial charge in [-0.1, -0.05) is 24.3 Å². The second-order valence-corrected chi connectivity index (χ2v) is 11.4. The fourth-order valence-corrected chi connectivity index (χ4v) is 11.6. The van der Waals surface area contributed by atoms with Gasteiger partial charge < -0.3 is 10.0 Å². The number of carbonyl (C=O) groups is 1. The number of fused-ring (bicyclic) bond motifs is 2. The van der Waals surface area contributed by atoms with Gasteiger partial charge >= 0.3 is 0 Å². The molecule has 1 aromatic carbocycles. The molecular formula is C25H24N2O2. The first-order valence-corrected chi connectivity index (χ1v) is 11.4. The van der Waals surface area contributed by atoms with Crippen molar-refractivity contribution in [1.29, 1.82) is 0 Å². The summed E-state index contributed by atoms with van der Waals surface area (Å²) in [6.45, 7) is 1.09. The molecule has 1 aromatic rings. The third-order valence-electron chi connectivity index (χ3n) is 11.5. The Morgan fingerprint density at radius 3 is 2.93 bits per heavy atom. The van der Waals surface area contributed by atoms with Gasteiger partial charge in [-0.25, -0.2) is 0 Å². The summed E-state index contributed by atoms with van der Waals surface area (Å²) < 4.78 is 0. The molecule has 3 spiro atoms. The molecule has 2 aliphatic heterocycles. The quantitative estimate of drug-likeness (QED) is 0.748. The number of nitrogens with zero attached hydrogens (tertiary/aromatic N) is 2. The van der Waals surface area contributed by atoms with Crippen LogP contribution in [0.2, 0.25) is 0 Å². The molecule has 1 saturated heterocycles. The summed E-state index contributed by atoms with van der Waals surface area (Å²) in [5.74, 6) is 1.34. The first kappa shape index (κ1) is 15.1. The van der Waals surface area contributed by atoms with Crippen LogP contribution < -0.4 is 0 Å². The molecule has 0 radical (unpaired) electrons. The Labute approximate surface area is 169 Å². The number of para-hydroxylation sites is 1. The molecule has 7 fully saturated rings. The van der Waals surface area contributed by atoms with Crippen LogP contribution in [0.3, 0.4) is 0 Å². The van der Waals surface area contributed by atoms with E-state index in [0.29, 0.717) is 23.8 Å². The number of aliphatic imine (C=N–C) groups is 1. The maximum Gasteiger partial charge on any atom is 0.187 e. The number of benzene rings is 1. The first-order valence-electron chi connectivity index (χ1n) is 11.4. The van der Waals surface area contributed by atoms with Crippen LogP contribution in [-0.2, 0) is 4.79 Å². The van der Waals surface area contributed by atoms with Crippen LogP contribution in [0.1, 0.15) is 30.7 Å². The van der Waals surface area contributed by atoms with E-state index in [1.807, 2.05) is 0 Å². The van der Waals surface area contributed by atoms with Crippen LogP contribution in [0.5, 0.6) is 0 Å². The Kier molecular flexibility index (Phi) is 1.98. The van der Waals surface area contributed by atoms with Crippen molar-refractivity contribution in [2.24, 2.45) is 44.9 Å². The molecule has 8 bridgehead atoms. The fourth-order valence-electron chi connectivity index (χ4n) is 11.6. The average Bonchev–Trinajstić information content (AvgIpc) is 3.27. The summed E-state index contributed by atoms with van der Waals surface area (Å²) in [4.78, 5) is 21.2. The Balaban J connectivity index is 1.47. The largest absolute Gasteiger partial charge is 0.381 e. The third-order valence-corrected chi connectivity index (χ3v) is 11.5. The van der Waals surface area contributed by atoms with Crippen LogP contribution in [0.15, 0.2) is 41.4 Å². The van der Waals surface area contributed by atoms with Gasteiger partial charge in [0, 0.05) is 34.9 Å². The number of ketones is 1. The second kappa shape index (κ2) is 3.80. The lowest BCUT2D eigenvalue weighted by Crippen LogP contribution is -2.77. The minimum Gasteiger partial charge on any atom is -0.381 e. The molecular weight excluding hydrogens is 360 g/mol. The Hall–Kier alpha value is -1.78. The van der Waals surface area contributed by atoms with Gasteiger partial charge in [-0.05, 0) is 73.2 Å². The van der Waals surface area contributed by atoms with Crippen molar-refractivity contribution >= 4 is 17.2 Å². The van der Waals surface area contributed by atoms with E-state index in [4.69, 9.17) is 4.99 Å². The number of hydrogen-bond donors (Lipinski definition) is 1. The highest BCUT2D eigenvalue weighted by Gasteiger charge is 2.99. The van der Waals surface area contributed by atoms with Crippen LogP contribution in [0.4, 0.5) is 5.69 Å². The fraction of sp³-hybridized carbons (Fsp3) is 0.600. The molecule has 10 rings (SSSR count). The topological polar surface area (TPSA) is 52.9 Å². The summed E-state index contributed by atoms with van der Waals surface area (Å²) in [6, 6.07) is 9.27. The molecule has 9 aliphatic rings. The smallest absolute Gasteiger partial charge is 0.187 e. The van der Waals surface area contributed by atoms with E-state index in [2.05, 4.69) is 42.3 Å². The van der Waals surface area contributed by atoms with Crippen molar-refractivity contribution in [1.82, 2.24) is 4.90 Å². The molecule has 4 heteroatoms. The van der Waals surface area contributed by atoms with E-state index < -0.39 is 5.60 Å². The second-order valence-electron chi connectivity index (χ2n) is 11.4. The molecule has 0 amide bonds. The van der Waals surface area contributed by atoms with Gasteiger partial charge in [0.15, 0.2) is 5.78 Å². The number of likely N-dealkylation sites (tertiary alicyclic amines) is 1. The predicted molar refractivity (Wildman–Crippen MR) is 107 cm³/mol. The standard InChI is InChI=1S/C25H24N2O2/c1-27-9-8-23-17-13-10-24(23)15(27)11-22-7-6-16(28)25(29,21(22)23)18(20(22)24)19(17)26-14-5-3-2-4-12(13)14/h2-7,13,15,17-18,20-21,29H,8-11H2,1H3/t13-,15?,17-,18?,20?,21?,22+,23?,24-,25-/m1/s1. The van der Waals surface area contributed by atoms with Crippen LogP contribution >= 0.6 is 0 Å². The average molecular weight is 384 g/mol. The van der Waals surface area contributed by atoms with Gasteiger partial charge in [0.25, 0.3) is 0 Å². The molecule has 7 aliphatic carbocycles. The number of carbonyl (C=O) groups excluding carboxylic acids is 1. The zero-order valence-electron chi connectivity index (χ0n) is 16.5. The van der Waals surface area contributed by atoms with E-state index in [9.17, 15) is 9.90 Å². The van der Waals surface area contributed by atoms with Crippen molar-refractivity contribution in [3.05, 3.63) is 42.0 Å². The number of hydrogen-bond acceptors (Lipinski definition) is 4. The summed E-state index contributed by atoms with van der Waals surface area (Å²) in [5.41, 5.74) is 2.81. The zero-order valence-corrected chi connectivity index (χ0v) is 16.5. The predicted octanol–water partition coefficient (Wildman–Crippen LogP) is 2.70. The van der Waals surface area contributed by atoms with Crippen LogP contribution in [-0.4, -0.2) is 46.7 Å². The van der Waals surface area contributed by atoms with Crippen molar-refractivity contribution < 1.29 is 9.90 Å².